The third kappa shape index (κ3) is 2.59. The lowest BCUT2D eigenvalue weighted by Crippen LogP contribution is -2.10. The average Bonchev–Trinajstić information content (AvgIpc) is 2.19. The van der Waals surface area contributed by atoms with Gasteiger partial charge in [0.25, 0.3) is 0 Å². The molecule has 1 rings (SSSR count). The molecule has 1 aromatic rings. The number of anilines is 1. The topological polar surface area (TPSA) is 29.1 Å². The molecule has 1 aromatic carbocycles. The highest BCUT2D eigenvalue weighted by Crippen LogP contribution is 2.15. The molecule has 0 bridgehead atoms. The van der Waals surface area contributed by atoms with E-state index in [0.29, 0.717) is 6.42 Å². The van der Waals surface area contributed by atoms with Crippen molar-refractivity contribution in [3.05, 3.63) is 49.1 Å². The predicted octanol–water partition coefficient (Wildman–Crippen LogP) is 2.84. The van der Waals surface area contributed by atoms with Gasteiger partial charge >= 0.3 is 0 Å². The molecule has 0 atom stereocenters. The van der Waals surface area contributed by atoms with Crippen LogP contribution in [0.1, 0.15) is 12.0 Å². The first-order valence-corrected chi connectivity index (χ1v) is 4.40. The number of hydrogen-bond donors (Lipinski definition) is 1. The van der Waals surface area contributed by atoms with Crippen LogP contribution in [-0.2, 0) is 4.79 Å². The maximum atomic E-state index is 11.3. The van der Waals surface area contributed by atoms with Crippen LogP contribution < -0.4 is 5.32 Å². The SMILES string of the molecule is C=CCC(=O)Nc1ccccc1C=C. The van der Waals surface area contributed by atoms with E-state index < -0.39 is 0 Å². The van der Waals surface area contributed by atoms with E-state index in [0.717, 1.165) is 11.3 Å². The molecule has 0 spiro atoms. The second-order valence-electron chi connectivity index (χ2n) is 2.83. The van der Waals surface area contributed by atoms with Crippen LogP contribution in [0.15, 0.2) is 43.5 Å². The molecule has 72 valence electrons. The fourth-order valence-corrected chi connectivity index (χ4v) is 1.12. The Bertz CT molecular complexity index is 355. The molecule has 0 aliphatic heterocycles. The van der Waals surface area contributed by atoms with Crippen molar-refractivity contribution in [2.45, 2.75) is 6.42 Å². The van der Waals surface area contributed by atoms with Gasteiger partial charge in [-0.25, -0.2) is 0 Å². The van der Waals surface area contributed by atoms with E-state index in [9.17, 15) is 4.79 Å². The van der Waals surface area contributed by atoms with Gasteiger partial charge in [-0.1, -0.05) is 36.9 Å². The summed E-state index contributed by atoms with van der Waals surface area (Å²) in [6.45, 7) is 7.18. The fourth-order valence-electron chi connectivity index (χ4n) is 1.12. The molecule has 0 saturated heterocycles. The van der Waals surface area contributed by atoms with E-state index in [1.165, 1.54) is 0 Å². The van der Waals surface area contributed by atoms with Crippen LogP contribution in [-0.4, -0.2) is 5.91 Å². The van der Waals surface area contributed by atoms with Gasteiger partial charge in [0.05, 0.1) is 0 Å². The number of carbonyl (C=O) groups is 1. The minimum Gasteiger partial charge on any atom is -0.325 e. The summed E-state index contributed by atoms with van der Waals surface area (Å²) < 4.78 is 0. The number of hydrogen-bond acceptors (Lipinski definition) is 1. The average molecular weight is 187 g/mol. The normalized spacial score (nSPS) is 9.14. The van der Waals surface area contributed by atoms with Crippen LogP contribution >= 0.6 is 0 Å². The Morgan fingerprint density at radius 1 is 1.36 bits per heavy atom. The van der Waals surface area contributed by atoms with Crippen LogP contribution in [0.5, 0.6) is 0 Å². The van der Waals surface area contributed by atoms with Crippen LogP contribution in [0.3, 0.4) is 0 Å². The Labute approximate surface area is 84.0 Å². The highest BCUT2D eigenvalue weighted by Gasteiger charge is 2.01. The zero-order chi connectivity index (χ0) is 10.4. The third-order valence-corrected chi connectivity index (χ3v) is 1.78. The van der Waals surface area contributed by atoms with Gasteiger partial charge in [0, 0.05) is 12.1 Å². The van der Waals surface area contributed by atoms with Gasteiger partial charge in [-0.3, -0.25) is 4.79 Å². The van der Waals surface area contributed by atoms with Gasteiger partial charge in [-0.05, 0) is 11.6 Å². The summed E-state index contributed by atoms with van der Waals surface area (Å²) in [5, 5.41) is 2.78. The van der Waals surface area contributed by atoms with E-state index >= 15 is 0 Å². The lowest BCUT2D eigenvalue weighted by atomic mass is 10.2. The van der Waals surface area contributed by atoms with Gasteiger partial charge in [0.15, 0.2) is 0 Å². The molecule has 1 amide bonds. The monoisotopic (exact) mass is 187 g/mol. The van der Waals surface area contributed by atoms with Crippen molar-refractivity contribution in [3.63, 3.8) is 0 Å². The Hall–Kier alpha value is -1.83. The molecule has 0 heterocycles. The molecule has 0 radical (unpaired) electrons. The third-order valence-electron chi connectivity index (χ3n) is 1.78. The zero-order valence-electron chi connectivity index (χ0n) is 7.99. The minimum absolute atomic E-state index is 0.0608. The number of nitrogens with one attached hydrogen (secondary N) is 1. The molecule has 0 aromatic heterocycles. The van der Waals surface area contributed by atoms with Crippen LogP contribution in [0, 0.1) is 0 Å². The van der Waals surface area contributed by atoms with Gasteiger partial charge in [0.2, 0.25) is 5.91 Å². The van der Waals surface area contributed by atoms with E-state index in [4.69, 9.17) is 0 Å². The Morgan fingerprint density at radius 2 is 2.07 bits per heavy atom. The molecular formula is C12H13NO. The summed E-state index contributed by atoms with van der Waals surface area (Å²) >= 11 is 0. The number of carbonyl (C=O) groups excluding carboxylic acids is 1. The molecule has 1 N–H and O–H groups in total. The van der Waals surface area contributed by atoms with Crippen molar-refractivity contribution in [2.75, 3.05) is 5.32 Å². The summed E-state index contributed by atoms with van der Waals surface area (Å²) in [6.07, 6.45) is 3.61. The summed E-state index contributed by atoms with van der Waals surface area (Å²) in [5.74, 6) is -0.0608. The first-order valence-electron chi connectivity index (χ1n) is 4.40. The van der Waals surface area contributed by atoms with Crippen molar-refractivity contribution in [2.24, 2.45) is 0 Å². The smallest absolute Gasteiger partial charge is 0.228 e. The quantitative estimate of drug-likeness (QED) is 0.721. The molecule has 0 aliphatic rings. The van der Waals surface area contributed by atoms with Crippen molar-refractivity contribution >= 4 is 17.7 Å². The predicted molar refractivity (Wildman–Crippen MR) is 60.0 cm³/mol. The molecule has 0 fully saturated rings. The summed E-state index contributed by atoms with van der Waals surface area (Å²) in [5.41, 5.74) is 1.71. The molecule has 2 heteroatoms. The first kappa shape index (κ1) is 10.3. The standard InChI is InChI=1S/C12H13NO/c1-3-7-12(14)13-11-9-6-5-8-10(11)4-2/h3-6,8-9H,1-2,7H2,(H,13,14). The van der Waals surface area contributed by atoms with Crippen LogP contribution in [0.25, 0.3) is 6.08 Å². The number of benzene rings is 1. The molecular weight excluding hydrogens is 174 g/mol. The van der Waals surface area contributed by atoms with Crippen molar-refractivity contribution in [1.29, 1.82) is 0 Å². The van der Waals surface area contributed by atoms with E-state index in [-0.39, 0.29) is 5.91 Å². The van der Waals surface area contributed by atoms with Gasteiger partial charge in [0.1, 0.15) is 0 Å². The maximum absolute atomic E-state index is 11.3. The van der Waals surface area contributed by atoms with Crippen LogP contribution in [0.4, 0.5) is 5.69 Å². The number of amides is 1. The fraction of sp³-hybridized carbons (Fsp3) is 0.0833. The number of rotatable bonds is 4. The van der Waals surface area contributed by atoms with E-state index in [1.807, 2.05) is 24.3 Å². The van der Waals surface area contributed by atoms with E-state index in [1.54, 1.807) is 12.2 Å². The second kappa shape index (κ2) is 5.02. The summed E-state index contributed by atoms with van der Waals surface area (Å²) in [6, 6.07) is 7.52. The molecule has 2 nitrogen and oxygen atoms in total. The first-order chi connectivity index (χ1) is 6.77. The highest BCUT2D eigenvalue weighted by atomic mass is 16.1. The van der Waals surface area contributed by atoms with Crippen molar-refractivity contribution in [3.8, 4) is 0 Å². The van der Waals surface area contributed by atoms with Crippen molar-refractivity contribution < 1.29 is 4.79 Å². The Balaban J connectivity index is 2.79. The van der Waals surface area contributed by atoms with Gasteiger partial charge in [-0.2, -0.15) is 0 Å². The largest absolute Gasteiger partial charge is 0.325 e. The van der Waals surface area contributed by atoms with Gasteiger partial charge < -0.3 is 5.32 Å². The minimum atomic E-state index is -0.0608. The lowest BCUT2D eigenvalue weighted by molar-refractivity contribution is -0.115. The molecule has 14 heavy (non-hydrogen) atoms. The molecule has 0 saturated carbocycles. The second-order valence-corrected chi connectivity index (χ2v) is 2.83. The van der Waals surface area contributed by atoms with Gasteiger partial charge in [-0.15, -0.1) is 6.58 Å². The summed E-state index contributed by atoms with van der Waals surface area (Å²) in [7, 11) is 0. The highest BCUT2D eigenvalue weighted by molar-refractivity contribution is 5.93. The van der Waals surface area contributed by atoms with E-state index in [2.05, 4.69) is 18.5 Å². The van der Waals surface area contributed by atoms with Crippen molar-refractivity contribution in [1.82, 2.24) is 0 Å². The maximum Gasteiger partial charge on any atom is 0.228 e. The Kier molecular flexibility index (Phi) is 3.68. The molecule has 0 aliphatic carbocycles. The lowest BCUT2D eigenvalue weighted by Gasteiger charge is -2.06. The summed E-state index contributed by atoms with van der Waals surface area (Å²) in [4.78, 5) is 11.3. The molecule has 0 unspecified atom stereocenters. The zero-order valence-corrected chi connectivity index (χ0v) is 7.99. The Morgan fingerprint density at radius 3 is 2.71 bits per heavy atom. The number of para-hydroxylation sites is 1. The van der Waals surface area contributed by atoms with Crippen LogP contribution in [0.2, 0.25) is 0 Å².